The minimum atomic E-state index is -0.271. The zero-order valence-electron chi connectivity index (χ0n) is 16.8. The number of hydrogen-bond acceptors (Lipinski definition) is 8. The van der Waals surface area contributed by atoms with Crippen molar-refractivity contribution in [3.05, 3.63) is 40.7 Å². The molecule has 158 valence electrons. The molecule has 9 heteroatoms. The summed E-state index contributed by atoms with van der Waals surface area (Å²) in [7, 11) is 0. The monoisotopic (exact) mass is 427 g/mol. The molecule has 5 bridgehead atoms. The summed E-state index contributed by atoms with van der Waals surface area (Å²) in [5.74, 6) is 1.40. The van der Waals surface area contributed by atoms with Crippen LogP contribution < -0.4 is 26.0 Å². The predicted octanol–water partition coefficient (Wildman–Crippen LogP) is 1.67. The number of hydrogen-bond donors (Lipinski definition) is 3. The normalized spacial score (nSPS) is 22.2. The quantitative estimate of drug-likeness (QED) is 0.585. The second kappa shape index (κ2) is 8.47. The molecule has 1 aromatic heterocycles. The fourth-order valence-corrected chi connectivity index (χ4v) is 4.57. The van der Waals surface area contributed by atoms with Gasteiger partial charge in [-0.1, -0.05) is 17.7 Å². The van der Waals surface area contributed by atoms with Crippen molar-refractivity contribution >= 4 is 34.7 Å². The lowest BCUT2D eigenvalue weighted by Gasteiger charge is -2.34. The van der Waals surface area contributed by atoms with Gasteiger partial charge < -0.3 is 16.0 Å². The number of nitrogens with one attached hydrogen (secondary N) is 3. The van der Waals surface area contributed by atoms with Crippen molar-refractivity contribution in [3.8, 4) is 0 Å². The average molecular weight is 428 g/mol. The van der Waals surface area contributed by atoms with Crippen molar-refractivity contribution < 1.29 is 4.79 Å². The Hall–Kier alpha value is -2.26. The number of rotatable bonds is 0. The van der Waals surface area contributed by atoms with E-state index in [-0.39, 0.29) is 11.8 Å². The molecular weight excluding hydrogens is 402 g/mol. The van der Waals surface area contributed by atoms with Crippen molar-refractivity contribution in [1.29, 1.82) is 0 Å². The highest BCUT2D eigenvalue weighted by molar-refractivity contribution is 6.31. The molecule has 0 spiro atoms. The van der Waals surface area contributed by atoms with Gasteiger partial charge in [0.2, 0.25) is 0 Å². The first-order valence-electron chi connectivity index (χ1n) is 10.6. The minimum absolute atomic E-state index is 0.0682. The lowest BCUT2D eigenvalue weighted by atomic mass is 10.0. The zero-order valence-corrected chi connectivity index (χ0v) is 17.6. The van der Waals surface area contributed by atoms with Gasteiger partial charge in [0.05, 0.1) is 18.3 Å². The van der Waals surface area contributed by atoms with Gasteiger partial charge in [0.25, 0.3) is 0 Å². The maximum absolute atomic E-state index is 13.2. The number of fused-ring (bicyclic) bond motifs is 4. The number of carbonyl (C=O) groups is 1. The van der Waals surface area contributed by atoms with Gasteiger partial charge in [-0.25, -0.2) is 15.0 Å². The largest absolute Gasteiger partial charge is 0.317 e. The first kappa shape index (κ1) is 19.7. The first-order valence-corrected chi connectivity index (χ1v) is 11.0. The van der Waals surface area contributed by atoms with Gasteiger partial charge in [0.15, 0.2) is 17.4 Å². The predicted molar refractivity (Wildman–Crippen MR) is 118 cm³/mol. The van der Waals surface area contributed by atoms with Crippen molar-refractivity contribution in [2.45, 2.75) is 25.3 Å². The Morgan fingerprint density at radius 2 is 1.77 bits per heavy atom. The van der Waals surface area contributed by atoms with Gasteiger partial charge in [-0.05, 0) is 69.7 Å². The van der Waals surface area contributed by atoms with Crippen LogP contribution in [-0.4, -0.2) is 61.1 Å². The summed E-state index contributed by atoms with van der Waals surface area (Å²) in [5.41, 5.74) is 2.72. The molecule has 0 amide bonds. The van der Waals surface area contributed by atoms with E-state index in [0.29, 0.717) is 28.8 Å². The SMILES string of the molecule is O=C1c2c3ncnc2N2c4cc(Cl)ccc4CCNCCCNCCCNC1CN32. The summed E-state index contributed by atoms with van der Waals surface area (Å²) >= 11 is 6.38. The average Bonchev–Trinajstić information content (AvgIpc) is 2.84. The molecule has 4 heterocycles. The molecule has 0 fully saturated rings. The highest BCUT2D eigenvalue weighted by Gasteiger charge is 2.46. The van der Waals surface area contributed by atoms with Crippen LogP contribution in [0.1, 0.15) is 28.8 Å². The molecule has 30 heavy (non-hydrogen) atoms. The maximum Gasteiger partial charge on any atom is 0.189 e. The summed E-state index contributed by atoms with van der Waals surface area (Å²) in [6, 6.07) is 5.68. The van der Waals surface area contributed by atoms with E-state index in [0.717, 1.165) is 63.2 Å². The molecule has 0 saturated carbocycles. The highest BCUT2D eigenvalue weighted by atomic mass is 35.5. The van der Waals surface area contributed by atoms with Gasteiger partial charge in [-0.2, -0.15) is 0 Å². The molecule has 1 unspecified atom stereocenters. The van der Waals surface area contributed by atoms with E-state index in [2.05, 4.69) is 37.0 Å². The van der Waals surface area contributed by atoms with Crippen LogP contribution >= 0.6 is 11.6 Å². The molecule has 0 radical (unpaired) electrons. The van der Waals surface area contributed by atoms with Crippen molar-refractivity contribution in [3.63, 3.8) is 0 Å². The van der Waals surface area contributed by atoms with Crippen LogP contribution in [0.25, 0.3) is 0 Å². The number of aromatic nitrogens is 2. The molecule has 3 aliphatic heterocycles. The van der Waals surface area contributed by atoms with Crippen molar-refractivity contribution in [2.75, 3.05) is 49.3 Å². The number of ketones is 1. The van der Waals surface area contributed by atoms with Crippen LogP contribution in [0.2, 0.25) is 5.02 Å². The summed E-state index contributed by atoms with van der Waals surface area (Å²) in [6.45, 7) is 5.11. The number of benzene rings is 1. The number of Topliss-reactive ketones (excluding diaryl/α,β-unsaturated/α-hetero) is 1. The summed E-state index contributed by atoms with van der Waals surface area (Å²) in [5, 5.41) is 15.2. The topological polar surface area (TPSA) is 85.4 Å². The highest BCUT2D eigenvalue weighted by Crippen LogP contribution is 2.45. The lowest BCUT2D eigenvalue weighted by Crippen LogP contribution is -2.51. The maximum atomic E-state index is 13.2. The Morgan fingerprint density at radius 1 is 1.00 bits per heavy atom. The smallest absolute Gasteiger partial charge is 0.189 e. The fraction of sp³-hybridized carbons (Fsp3) is 0.476. The van der Waals surface area contributed by atoms with Gasteiger partial charge in [-0.15, -0.1) is 0 Å². The third-order valence-electron chi connectivity index (χ3n) is 5.89. The standard InChI is InChI=1S/C21H26ClN7O/c22-15-4-3-14-5-10-24-7-1-6-23-8-2-9-25-16-12-28-20-18(19(16)30)21(27-13-26-20)29(28)17(14)11-15/h3-4,11,13,16,23-25H,1-2,5-10,12H2. The Kier molecular flexibility index (Phi) is 5.56. The van der Waals surface area contributed by atoms with E-state index < -0.39 is 0 Å². The second-order valence-corrected chi connectivity index (χ2v) is 8.33. The Morgan fingerprint density at radius 3 is 2.63 bits per heavy atom. The van der Waals surface area contributed by atoms with Crippen LogP contribution in [-0.2, 0) is 6.42 Å². The number of hydrazine groups is 1. The van der Waals surface area contributed by atoms with E-state index in [1.807, 2.05) is 17.1 Å². The molecule has 5 rings (SSSR count). The van der Waals surface area contributed by atoms with Crippen molar-refractivity contribution in [2.24, 2.45) is 0 Å². The minimum Gasteiger partial charge on any atom is -0.317 e. The Bertz CT molecular complexity index is 953. The number of anilines is 3. The molecular formula is C21H26ClN7O. The van der Waals surface area contributed by atoms with E-state index in [1.54, 1.807) is 0 Å². The van der Waals surface area contributed by atoms with Crippen LogP contribution in [0.3, 0.4) is 0 Å². The molecule has 8 nitrogen and oxygen atoms in total. The first-order chi connectivity index (χ1) is 14.7. The van der Waals surface area contributed by atoms with Crippen LogP contribution in [0.15, 0.2) is 24.5 Å². The van der Waals surface area contributed by atoms with E-state index in [1.165, 1.54) is 6.33 Å². The van der Waals surface area contributed by atoms with Crippen LogP contribution in [0.5, 0.6) is 0 Å². The zero-order chi connectivity index (χ0) is 20.5. The van der Waals surface area contributed by atoms with E-state index in [4.69, 9.17) is 11.6 Å². The molecule has 2 aromatic rings. The number of carbonyl (C=O) groups excluding carboxylic acids is 1. The summed E-state index contributed by atoms with van der Waals surface area (Å²) in [4.78, 5) is 22.2. The van der Waals surface area contributed by atoms with Gasteiger partial charge in [0.1, 0.15) is 11.9 Å². The molecule has 1 aromatic carbocycles. The summed E-state index contributed by atoms with van der Waals surface area (Å²) in [6.07, 6.45) is 4.46. The third kappa shape index (κ3) is 3.54. The van der Waals surface area contributed by atoms with E-state index >= 15 is 0 Å². The second-order valence-electron chi connectivity index (χ2n) is 7.89. The molecule has 3 N–H and O–H groups in total. The molecule has 0 saturated heterocycles. The molecule has 3 aliphatic rings. The van der Waals surface area contributed by atoms with Gasteiger partial charge in [0, 0.05) is 5.02 Å². The number of nitrogens with zero attached hydrogens (tertiary/aromatic N) is 4. The number of halogens is 1. The fourth-order valence-electron chi connectivity index (χ4n) is 4.40. The van der Waals surface area contributed by atoms with Crippen molar-refractivity contribution in [1.82, 2.24) is 25.9 Å². The third-order valence-corrected chi connectivity index (χ3v) is 6.12. The Labute approximate surface area is 181 Å². The summed E-state index contributed by atoms with van der Waals surface area (Å²) < 4.78 is 0. The van der Waals surface area contributed by atoms with E-state index in [9.17, 15) is 4.79 Å². The van der Waals surface area contributed by atoms with Crippen LogP contribution in [0.4, 0.5) is 17.3 Å². The van der Waals surface area contributed by atoms with Gasteiger partial charge >= 0.3 is 0 Å². The van der Waals surface area contributed by atoms with Gasteiger partial charge in [-0.3, -0.25) is 9.80 Å². The Balaban J connectivity index is 1.53. The molecule has 1 atom stereocenters. The molecule has 0 aliphatic carbocycles. The lowest BCUT2D eigenvalue weighted by molar-refractivity contribution is 0.0943. The van der Waals surface area contributed by atoms with Crippen LogP contribution in [0, 0.1) is 0 Å².